The Labute approximate surface area is 88.4 Å². The molecule has 90 valence electrons. The summed E-state index contributed by atoms with van der Waals surface area (Å²) in [5.41, 5.74) is 4.41. The first-order valence-corrected chi connectivity index (χ1v) is 4.72. The maximum atomic E-state index is 12.0. The van der Waals surface area contributed by atoms with E-state index >= 15 is 0 Å². The lowest BCUT2D eigenvalue weighted by Crippen LogP contribution is -2.54. The van der Waals surface area contributed by atoms with Crippen LogP contribution >= 0.6 is 0 Å². The number of rotatable bonds is 6. The molecule has 0 radical (unpaired) electrons. The molecule has 0 rings (SSSR count). The molecule has 1 unspecified atom stereocenters. The Hall–Kier alpha value is -0.750. The number of hydrogen-bond donors (Lipinski definition) is 1. The van der Waals surface area contributed by atoms with Gasteiger partial charge in [-0.25, -0.2) is 8.78 Å². The molecule has 0 aromatic carbocycles. The van der Waals surface area contributed by atoms with E-state index in [1.54, 1.807) is 6.92 Å². The first-order chi connectivity index (χ1) is 6.79. The summed E-state index contributed by atoms with van der Waals surface area (Å²) in [4.78, 5) is 12.6. The van der Waals surface area contributed by atoms with Gasteiger partial charge in [-0.3, -0.25) is 9.69 Å². The lowest BCUT2D eigenvalue weighted by Gasteiger charge is -2.27. The van der Waals surface area contributed by atoms with Crippen molar-refractivity contribution < 1.29 is 18.3 Å². The van der Waals surface area contributed by atoms with Crippen molar-refractivity contribution in [1.29, 1.82) is 0 Å². The molecule has 0 heterocycles. The zero-order chi connectivity index (χ0) is 12.1. The third-order valence-electron chi connectivity index (χ3n) is 1.79. The summed E-state index contributed by atoms with van der Waals surface area (Å²) in [6.07, 6.45) is -2.44. The molecule has 0 aliphatic rings. The van der Waals surface area contributed by atoms with Crippen LogP contribution in [0.1, 0.15) is 13.8 Å². The van der Waals surface area contributed by atoms with Crippen LogP contribution in [-0.2, 0) is 9.53 Å². The maximum Gasteiger partial charge on any atom is 0.327 e. The monoisotopic (exact) mass is 224 g/mol. The van der Waals surface area contributed by atoms with Crippen LogP contribution in [0.2, 0.25) is 0 Å². The summed E-state index contributed by atoms with van der Waals surface area (Å²) in [7, 11) is 1.48. The highest BCUT2D eigenvalue weighted by molar-refractivity contribution is 5.80. The molecule has 0 fully saturated rings. The highest BCUT2D eigenvalue weighted by atomic mass is 19.3. The smallest absolute Gasteiger partial charge is 0.327 e. The molecule has 0 aliphatic heterocycles. The molecule has 0 spiro atoms. The number of esters is 1. The molecule has 0 aliphatic carbocycles. The quantitative estimate of drug-likeness (QED) is 0.666. The molecule has 0 aromatic heterocycles. The van der Waals surface area contributed by atoms with Crippen molar-refractivity contribution in [3.05, 3.63) is 0 Å². The second-order valence-corrected chi connectivity index (χ2v) is 3.73. The lowest BCUT2D eigenvalue weighted by atomic mass is 10.0. The molecule has 0 bridgehead atoms. The van der Waals surface area contributed by atoms with E-state index < -0.39 is 24.5 Å². The minimum absolute atomic E-state index is 0.0379. The molecule has 1 atom stereocenters. The van der Waals surface area contributed by atoms with Gasteiger partial charge in [-0.05, 0) is 20.9 Å². The van der Waals surface area contributed by atoms with E-state index in [4.69, 9.17) is 10.5 Å². The number of hydrogen-bond acceptors (Lipinski definition) is 4. The minimum Gasteiger partial charge on any atom is -0.465 e. The predicted octanol–water partition coefficient (Wildman–Crippen LogP) is 0.464. The summed E-state index contributed by atoms with van der Waals surface area (Å²) in [6, 6.07) is 0. The van der Waals surface area contributed by atoms with E-state index in [0.29, 0.717) is 0 Å². The Balaban J connectivity index is 4.17. The Kier molecular flexibility index (Phi) is 5.67. The molecule has 6 heteroatoms. The van der Waals surface area contributed by atoms with Crippen LogP contribution in [0.25, 0.3) is 0 Å². The number of ether oxygens (including phenoxy) is 1. The molecule has 0 saturated carbocycles. The van der Waals surface area contributed by atoms with Crippen molar-refractivity contribution >= 4 is 5.97 Å². The SMILES string of the molecule is CCOC(=O)C(C)(N)CN(C)CC(F)F. The van der Waals surface area contributed by atoms with E-state index in [9.17, 15) is 13.6 Å². The summed E-state index contributed by atoms with van der Waals surface area (Å²) in [6.45, 7) is 2.98. The molecule has 0 aromatic rings. The third-order valence-corrected chi connectivity index (χ3v) is 1.79. The van der Waals surface area contributed by atoms with Gasteiger partial charge >= 0.3 is 5.97 Å². The highest BCUT2D eigenvalue weighted by Crippen LogP contribution is 2.06. The number of likely N-dealkylation sites (N-methyl/N-ethyl adjacent to an activating group) is 1. The van der Waals surface area contributed by atoms with Crippen LogP contribution in [0.5, 0.6) is 0 Å². The largest absolute Gasteiger partial charge is 0.465 e. The van der Waals surface area contributed by atoms with Crippen LogP contribution in [0.3, 0.4) is 0 Å². The Bertz CT molecular complexity index is 210. The number of nitrogens with zero attached hydrogens (tertiary/aromatic N) is 1. The summed E-state index contributed by atoms with van der Waals surface area (Å²) in [5, 5.41) is 0. The van der Waals surface area contributed by atoms with Crippen molar-refractivity contribution in [3.8, 4) is 0 Å². The second-order valence-electron chi connectivity index (χ2n) is 3.73. The first kappa shape index (κ1) is 14.2. The van der Waals surface area contributed by atoms with Crippen LogP contribution < -0.4 is 5.73 Å². The van der Waals surface area contributed by atoms with Gasteiger partial charge < -0.3 is 10.5 Å². The van der Waals surface area contributed by atoms with Gasteiger partial charge in [-0.15, -0.1) is 0 Å². The first-order valence-electron chi connectivity index (χ1n) is 4.72. The third kappa shape index (κ3) is 5.64. The number of carbonyl (C=O) groups is 1. The van der Waals surface area contributed by atoms with E-state index in [2.05, 4.69) is 0 Å². The Morgan fingerprint density at radius 1 is 1.60 bits per heavy atom. The van der Waals surface area contributed by atoms with Gasteiger partial charge in [0, 0.05) is 6.54 Å². The van der Waals surface area contributed by atoms with E-state index in [1.807, 2.05) is 0 Å². The van der Waals surface area contributed by atoms with Gasteiger partial charge in [-0.2, -0.15) is 0 Å². The lowest BCUT2D eigenvalue weighted by molar-refractivity contribution is -0.149. The van der Waals surface area contributed by atoms with Crippen molar-refractivity contribution in [2.24, 2.45) is 5.73 Å². The molecule has 15 heavy (non-hydrogen) atoms. The van der Waals surface area contributed by atoms with Crippen LogP contribution in [0, 0.1) is 0 Å². The van der Waals surface area contributed by atoms with Crippen molar-refractivity contribution in [1.82, 2.24) is 4.90 Å². The molecular weight excluding hydrogens is 206 g/mol. The normalized spacial score (nSPS) is 15.5. The molecular formula is C9H18F2N2O2. The van der Waals surface area contributed by atoms with E-state index in [1.165, 1.54) is 18.9 Å². The number of halogens is 2. The Morgan fingerprint density at radius 3 is 2.53 bits per heavy atom. The molecule has 0 amide bonds. The van der Waals surface area contributed by atoms with Crippen molar-refractivity contribution in [2.45, 2.75) is 25.8 Å². The van der Waals surface area contributed by atoms with Gasteiger partial charge in [0.05, 0.1) is 13.2 Å². The van der Waals surface area contributed by atoms with E-state index in [0.717, 1.165) is 0 Å². The van der Waals surface area contributed by atoms with E-state index in [-0.39, 0.29) is 13.2 Å². The summed E-state index contributed by atoms with van der Waals surface area (Å²) in [5.74, 6) is -0.578. The van der Waals surface area contributed by atoms with Crippen LogP contribution in [0.15, 0.2) is 0 Å². The second kappa shape index (κ2) is 5.97. The fourth-order valence-corrected chi connectivity index (χ4v) is 1.22. The number of nitrogens with two attached hydrogens (primary N) is 1. The molecule has 2 N–H and O–H groups in total. The van der Waals surface area contributed by atoms with Crippen molar-refractivity contribution in [2.75, 3.05) is 26.7 Å². The summed E-state index contributed by atoms with van der Waals surface area (Å²) >= 11 is 0. The van der Waals surface area contributed by atoms with Crippen LogP contribution in [0.4, 0.5) is 8.78 Å². The fourth-order valence-electron chi connectivity index (χ4n) is 1.22. The Morgan fingerprint density at radius 2 is 2.13 bits per heavy atom. The van der Waals surface area contributed by atoms with Gasteiger partial charge in [0.15, 0.2) is 0 Å². The number of carbonyl (C=O) groups excluding carboxylic acids is 1. The van der Waals surface area contributed by atoms with Crippen molar-refractivity contribution in [3.63, 3.8) is 0 Å². The number of alkyl halides is 2. The zero-order valence-electron chi connectivity index (χ0n) is 9.30. The van der Waals surface area contributed by atoms with Gasteiger partial charge in [0.25, 0.3) is 6.43 Å². The van der Waals surface area contributed by atoms with Crippen LogP contribution in [-0.4, -0.2) is 49.6 Å². The fraction of sp³-hybridized carbons (Fsp3) is 0.889. The average Bonchev–Trinajstić information content (AvgIpc) is 2.01. The maximum absolute atomic E-state index is 12.0. The van der Waals surface area contributed by atoms with Gasteiger partial charge in [-0.1, -0.05) is 0 Å². The molecule has 0 saturated heterocycles. The summed E-state index contributed by atoms with van der Waals surface area (Å²) < 4.78 is 28.8. The van der Waals surface area contributed by atoms with Gasteiger partial charge in [0.1, 0.15) is 5.54 Å². The highest BCUT2D eigenvalue weighted by Gasteiger charge is 2.31. The standard InChI is InChI=1S/C9H18F2N2O2/c1-4-15-8(14)9(2,12)6-13(3)5-7(10)11/h7H,4-6,12H2,1-3H3. The minimum atomic E-state index is -2.44. The topological polar surface area (TPSA) is 55.6 Å². The zero-order valence-corrected chi connectivity index (χ0v) is 9.30. The predicted molar refractivity (Wildman–Crippen MR) is 52.7 cm³/mol. The van der Waals surface area contributed by atoms with Gasteiger partial charge in [0.2, 0.25) is 0 Å². The average molecular weight is 224 g/mol. The molecule has 4 nitrogen and oxygen atoms in total.